The summed E-state index contributed by atoms with van der Waals surface area (Å²) in [5, 5.41) is 24.3. The summed E-state index contributed by atoms with van der Waals surface area (Å²) in [4.78, 5) is 18.8. The van der Waals surface area contributed by atoms with Gasteiger partial charge >= 0.3 is 0 Å². The summed E-state index contributed by atoms with van der Waals surface area (Å²) in [6, 6.07) is 6.77. The van der Waals surface area contributed by atoms with Crippen molar-refractivity contribution in [3.8, 4) is 5.75 Å². The topological polar surface area (TPSA) is 119 Å². The lowest BCUT2D eigenvalue weighted by atomic mass is 10.0. The van der Waals surface area contributed by atoms with Gasteiger partial charge in [0.25, 0.3) is 5.91 Å². The molecule has 1 amide bonds. The van der Waals surface area contributed by atoms with E-state index < -0.39 is 29.7 Å². The highest BCUT2D eigenvalue weighted by atomic mass is 19.1. The van der Waals surface area contributed by atoms with E-state index in [1.807, 2.05) is 0 Å². The first-order valence-electron chi connectivity index (χ1n) is 9.94. The molecule has 0 fully saturated rings. The highest BCUT2D eigenvalue weighted by Gasteiger charge is 2.34. The number of aliphatic hydroxyl groups excluding tert-OH is 1. The van der Waals surface area contributed by atoms with E-state index in [-0.39, 0.29) is 29.4 Å². The molecule has 0 aliphatic heterocycles. The van der Waals surface area contributed by atoms with Crippen LogP contribution in [0.4, 0.5) is 8.78 Å². The van der Waals surface area contributed by atoms with E-state index in [9.17, 15) is 18.7 Å². The Morgan fingerprint density at radius 1 is 1.24 bits per heavy atom. The van der Waals surface area contributed by atoms with Gasteiger partial charge in [0.1, 0.15) is 29.5 Å². The standard InChI is InChI=1S/C21H21F2N7O3/c1-12-17(19(32)25-21(2,11-31)20-26-28-29(3)27-20)30-9-5-8-16(18(30)24-12)33-10-13-14(22)6-4-7-15(13)23/h4-9,31H,10-11H2,1-3H3,(H,25,32)/t21-/m0/s1. The molecule has 0 radical (unpaired) electrons. The Hall–Kier alpha value is -3.93. The maximum atomic E-state index is 13.9. The van der Waals surface area contributed by atoms with Gasteiger partial charge in [0.15, 0.2) is 11.4 Å². The molecule has 12 heteroatoms. The molecule has 1 aromatic carbocycles. The van der Waals surface area contributed by atoms with Crippen LogP contribution in [0.5, 0.6) is 5.75 Å². The third-order valence-corrected chi connectivity index (χ3v) is 5.14. The summed E-state index contributed by atoms with van der Waals surface area (Å²) < 4.78 is 35.0. The Balaban J connectivity index is 1.64. The number of halogens is 2. The maximum absolute atomic E-state index is 13.9. The number of aromatic nitrogens is 6. The molecule has 1 atom stereocenters. The molecule has 3 heterocycles. The van der Waals surface area contributed by atoms with Crippen LogP contribution in [-0.4, -0.2) is 47.2 Å². The number of carbonyl (C=O) groups excluding carboxylic acids is 1. The Morgan fingerprint density at radius 3 is 2.61 bits per heavy atom. The Morgan fingerprint density at radius 2 is 1.97 bits per heavy atom. The molecule has 0 aliphatic carbocycles. The van der Waals surface area contributed by atoms with E-state index in [1.54, 1.807) is 39.2 Å². The third kappa shape index (κ3) is 4.12. The summed E-state index contributed by atoms with van der Waals surface area (Å²) in [5.41, 5.74) is -0.640. The summed E-state index contributed by atoms with van der Waals surface area (Å²) in [6.45, 7) is 2.38. The molecule has 0 aliphatic rings. The first kappa shape index (κ1) is 22.3. The summed E-state index contributed by atoms with van der Waals surface area (Å²) >= 11 is 0. The average molecular weight is 457 g/mol. The van der Waals surface area contributed by atoms with E-state index in [0.29, 0.717) is 11.3 Å². The van der Waals surface area contributed by atoms with Crippen molar-refractivity contribution in [1.29, 1.82) is 0 Å². The van der Waals surface area contributed by atoms with Crippen molar-refractivity contribution in [1.82, 2.24) is 34.9 Å². The van der Waals surface area contributed by atoms with E-state index in [1.165, 1.54) is 15.3 Å². The number of aliphatic hydroxyl groups is 1. The number of nitrogens with zero attached hydrogens (tertiary/aromatic N) is 6. The predicted molar refractivity (Wildman–Crippen MR) is 111 cm³/mol. The molecular weight excluding hydrogens is 436 g/mol. The molecule has 0 bridgehead atoms. The van der Waals surface area contributed by atoms with Gasteiger partial charge in [-0.3, -0.25) is 9.20 Å². The third-order valence-electron chi connectivity index (χ3n) is 5.14. The van der Waals surface area contributed by atoms with Gasteiger partial charge in [0.2, 0.25) is 5.82 Å². The number of pyridine rings is 1. The largest absolute Gasteiger partial charge is 0.485 e. The normalized spacial score (nSPS) is 13.2. The van der Waals surface area contributed by atoms with Gasteiger partial charge in [-0.15, -0.1) is 10.2 Å². The van der Waals surface area contributed by atoms with Crippen LogP contribution in [0, 0.1) is 18.6 Å². The lowest BCUT2D eigenvalue weighted by Crippen LogP contribution is -2.47. The number of nitrogens with one attached hydrogen (secondary N) is 1. The van der Waals surface area contributed by atoms with E-state index >= 15 is 0 Å². The minimum absolute atomic E-state index is 0.142. The molecule has 0 unspecified atom stereocenters. The summed E-state index contributed by atoms with van der Waals surface area (Å²) in [7, 11) is 1.57. The van der Waals surface area contributed by atoms with Crippen LogP contribution < -0.4 is 10.1 Å². The summed E-state index contributed by atoms with van der Waals surface area (Å²) in [6.07, 6.45) is 1.61. The van der Waals surface area contributed by atoms with Crippen LogP contribution in [0.15, 0.2) is 36.5 Å². The van der Waals surface area contributed by atoms with Gasteiger partial charge in [0, 0.05) is 6.20 Å². The number of fused-ring (bicyclic) bond motifs is 1. The maximum Gasteiger partial charge on any atom is 0.271 e. The number of benzene rings is 1. The van der Waals surface area contributed by atoms with Crippen molar-refractivity contribution < 1.29 is 23.4 Å². The van der Waals surface area contributed by atoms with Crippen LogP contribution in [0.3, 0.4) is 0 Å². The zero-order valence-corrected chi connectivity index (χ0v) is 18.1. The second-order valence-corrected chi connectivity index (χ2v) is 7.65. The van der Waals surface area contributed by atoms with Crippen LogP contribution in [0.1, 0.15) is 34.5 Å². The van der Waals surface area contributed by atoms with Gasteiger partial charge in [-0.25, -0.2) is 13.8 Å². The molecule has 0 saturated heterocycles. The predicted octanol–water partition coefficient (Wildman–Crippen LogP) is 1.66. The van der Waals surface area contributed by atoms with E-state index in [4.69, 9.17) is 4.74 Å². The Labute approximate surface area is 186 Å². The Bertz CT molecular complexity index is 1320. The molecule has 172 valence electrons. The van der Waals surface area contributed by atoms with Gasteiger partial charge in [-0.1, -0.05) is 6.07 Å². The highest BCUT2D eigenvalue weighted by molar-refractivity contribution is 5.95. The first-order chi connectivity index (χ1) is 15.7. The van der Waals surface area contributed by atoms with Crippen molar-refractivity contribution >= 4 is 11.6 Å². The average Bonchev–Trinajstić information content (AvgIpc) is 3.36. The fourth-order valence-electron chi connectivity index (χ4n) is 3.34. The van der Waals surface area contributed by atoms with Gasteiger partial charge < -0.3 is 15.2 Å². The van der Waals surface area contributed by atoms with Crippen LogP contribution in [0.2, 0.25) is 0 Å². The number of hydrogen-bond acceptors (Lipinski definition) is 7. The van der Waals surface area contributed by atoms with Crippen molar-refractivity contribution in [2.24, 2.45) is 7.05 Å². The fraction of sp³-hybridized carbons (Fsp3) is 0.286. The molecule has 3 aromatic heterocycles. The van der Waals surface area contributed by atoms with Gasteiger partial charge in [-0.2, -0.15) is 4.80 Å². The van der Waals surface area contributed by atoms with Gasteiger partial charge in [-0.05, 0) is 43.3 Å². The summed E-state index contributed by atoms with van der Waals surface area (Å²) in [5.74, 6) is -1.60. The number of amides is 1. The molecule has 10 nitrogen and oxygen atoms in total. The molecule has 0 saturated carbocycles. The lowest BCUT2D eigenvalue weighted by Gasteiger charge is -2.25. The molecule has 0 spiro atoms. The number of ether oxygens (including phenoxy) is 1. The smallest absolute Gasteiger partial charge is 0.271 e. The highest BCUT2D eigenvalue weighted by Crippen LogP contribution is 2.25. The zero-order valence-electron chi connectivity index (χ0n) is 18.1. The molecule has 2 N–H and O–H groups in total. The number of hydrogen-bond donors (Lipinski definition) is 2. The molecular formula is C21H21F2N7O3. The quantitative estimate of drug-likeness (QED) is 0.433. The zero-order chi connectivity index (χ0) is 23.8. The van der Waals surface area contributed by atoms with Crippen molar-refractivity contribution in [3.63, 3.8) is 0 Å². The number of tetrazole rings is 1. The van der Waals surface area contributed by atoms with E-state index in [2.05, 4.69) is 25.7 Å². The monoisotopic (exact) mass is 457 g/mol. The van der Waals surface area contributed by atoms with Crippen LogP contribution in [0.25, 0.3) is 5.65 Å². The minimum atomic E-state index is -1.29. The molecule has 4 rings (SSSR count). The second-order valence-electron chi connectivity index (χ2n) is 7.65. The first-order valence-corrected chi connectivity index (χ1v) is 9.94. The number of imidazole rings is 1. The van der Waals surface area contributed by atoms with Crippen molar-refractivity contribution in [3.05, 3.63) is 70.9 Å². The fourth-order valence-corrected chi connectivity index (χ4v) is 3.34. The van der Waals surface area contributed by atoms with Crippen LogP contribution in [-0.2, 0) is 19.2 Å². The number of rotatable bonds is 7. The number of aryl methyl sites for hydroxylation is 2. The lowest BCUT2D eigenvalue weighted by molar-refractivity contribution is 0.0832. The SMILES string of the molecule is Cc1nc2c(OCc3c(F)cccc3F)cccn2c1C(=O)N[C@@](C)(CO)c1nnn(C)n1. The second kappa shape index (κ2) is 8.54. The molecule has 33 heavy (non-hydrogen) atoms. The minimum Gasteiger partial charge on any atom is -0.485 e. The van der Waals surface area contributed by atoms with Crippen molar-refractivity contribution in [2.75, 3.05) is 6.61 Å². The van der Waals surface area contributed by atoms with Gasteiger partial charge in [0.05, 0.1) is 24.9 Å². The molecule has 4 aromatic rings. The van der Waals surface area contributed by atoms with Crippen LogP contribution >= 0.6 is 0 Å². The van der Waals surface area contributed by atoms with E-state index in [0.717, 1.165) is 12.1 Å². The number of carbonyl (C=O) groups is 1. The van der Waals surface area contributed by atoms with Crippen molar-refractivity contribution in [2.45, 2.75) is 26.0 Å². The Kier molecular flexibility index (Phi) is 5.77.